The van der Waals surface area contributed by atoms with Crippen LogP contribution in [-0.2, 0) is 17.8 Å². The van der Waals surface area contributed by atoms with Gasteiger partial charge in [0.2, 0.25) is 11.8 Å². The van der Waals surface area contributed by atoms with Crippen LogP contribution >= 0.6 is 24.0 Å². The molecule has 7 nitrogen and oxygen atoms in total. The van der Waals surface area contributed by atoms with E-state index in [1.54, 1.807) is 13.3 Å². The number of nitrogens with one attached hydrogen (secondary N) is 2. The normalized spacial score (nSPS) is 13.2. The Hall–Kier alpha value is -2.88. The van der Waals surface area contributed by atoms with E-state index in [0.717, 1.165) is 36.3 Å². The van der Waals surface area contributed by atoms with E-state index in [1.807, 2.05) is 53.4 Å². The van der Waals surface area contributed by atoms with Gasteiger partial charge in [0.1, 0.15) is 6.26 Å². The molecule has 1 aliphatic heterocycles. The number of amides is 1. The average Bonchev–Trinajstić information content (AvgIpc) is 3.28. The fraction of sp³-hybridized carbons (Fsp3) is 0.261. The number of nitrogens with zero attached hydrogens (tertiary/aromatic N) is 3. The number of benzene rings is 2. The summed E-state index contributed by atoms with van der Waals surface area (Å²) in [5.74, 6) is 1.14. The molecule has 0 bridgehead atoms. The maximum absolute atomic E-state index is 12.8. The zero-order valence-electron chi connectivity index (χ0n) is 17.4. The molecular formula is C23H26IN5O2. The summed E-state index contributed by atoms with van der Waals surface area (Å²) < 4.78 is 5.56. The zero-order chi connectivity index (χ0) is 20.8. The van der Waals surface area contributed by atoms with Gasteiger partial charge in [-0.1, -0.05) is 36.4 Å². The van der Waals surface area contributed by atoms with Gasteiger partial charge in [0.05, 0.1) is 18.8 Å². The largest absolute Gasteiger partial charge is 0.444 e. The Balaban J connectivity index is 0.00000272. The van der Waals surface area contributed by atoms with Crippen LogP contribution in [0.1, 0.15) is 17.7 Å². The Bertz CT molecular complexity index is 1040. The molecule has 0 radical (unpaired) electrons. The second-order valence-corrected chi connectivity index (χ2v) is 7.07. The first-order chi connectivity index (χ1) is 14.7. The number of aromatic nitrogens is 1. The number of aryl methyl sites for hydroxylation is 1. The first-order valence-electron chi connectivity index (χ1n) is 10.1. The Morgan fingerprint density at radius 1 is 1.13 bits per heavy atom. The molecule has 1 aromatic heterocycles. The number of anilines is 1. The topological polar surface area (TPSA) is 82.8 Å². The second-order valence-electron chi connectivity index (χ2n) is 7.07. The van der Waals surface area contributed by atoms with Crippen molar-refractivity contribution >= 4 is 41.5 Å². The lowest BCUT2D eigenvalue weighted by Gasteiger charge is -2.29. The molecule has 2 N–H and O–H groups in total. The number of carbonyl (C=O) groups excluding carboxylic acids is 1. The quantitative estimate of drug-likeness (QED) is 0.299. The van der Waals surface area contributed by atoms with Crippen molar-refractivity contribution in [2.45, 2.75) is 19.4 Å². The molecular weight excluding hydrogens is 505 g/mol. The number of hydrogen-bond donors (Lipinski definition) is 2. The van der Waals surface area contributed by atoms with Gasteiger partial charge in [-0.25, -0.2) is 4.98 Å². The van der Waals surface area contributed by atoms with Gasteiger partial charge in [0.15, 0.2) is 5.96 Å². The Labute approximate surface area is 199 Å². The van der Waals surface area contributed by atoms with Crippen molar-refractivity contribution in [3.63, 3.8) is 0 Å². The molecule has 0 atom stereocenters. The molecule has 0 saturated heterocycles. The van der Waals surface area contributed by atoms with Gasteiger partial charge in [-0.3, -0.25) is 9.79 Å². The zero-order valence-corrected chi connectivity index (χ0v) is 19.7. The van der Waals surface area contributed by atoms with Gasteiger partial charge >= 0.3 is 0 Å². The van der Waals surface area contributed by atoms with Gasteiger partial charge in [-0.05, 0) is 36.6 Å². The fourth-order valence-electron chi connectivity index (χ4n) is 3.54. The first-order valence-corrected chi connectivity index (χ1v) is 10.1. The van der Waals surface area contributed by atoms with Crippen molar-refractivity contribution < 1.29 is 9.21 Å². The molecule has 0 spiro atoms. The highest BCUT2D eigenvalue weighted by Gasteiger charge is 2.22. The Morgan fingerprint density at radius 2 is 1.90 bits per heavy atom. The van der Waals surface area contributed by atoms with Crippen molar-refractivity contribution in [2.75, 3.05) is 25.0 Å². The summed E-state index contributed by atoms with van der Waals surface area (Å²) in [5, 5.41) is 6.27. The summed E-state index contributed by atoms with van der Waals surface area (Å²) >= 11 is 0. The number of rotatable bonds is 5. The summed E-state index contributed by atoms with van der Waals surface area (Å²) in [5.41, 5.74) is 3.92. The lowest BCUT2D eigenvalue weighted by molar-refractivity contribution is -0.117. The van der Waals surface area contributed by atoms with Gasteiger partial charge in [-0.15, -0.1) is 24.0 Å². The van der Waals surface area contributed by atoms with Crippen LogP contribution in [0, 0.1) is 0 Å². The van der Waals surface area contributed by atoms with Gasteiger partial charge in [-0.2, -0.15) is 0 Å². The minimum Gasteiger partial charge on any atom is -0.444 e. The Kier molecular flexibility index (Phi) is 8.05. The van der Waals surface area contributed by atoms with Crippen LogP contribution in [0.4, 0.5) is 5.69 Å². The van der Waals surface area contributed by atoms with E-state index in [2.05, 4.69) is 26.7 Å². The predicted molar refractivity (Wildman–Crippen MR) is 133 cm³/mol. The van der Waals surface area contributed by atoms with E-state index in [9.17, 15) is 4.79 Å². The number of fused-ring (bicyclic) bond motifs is 1. The van der Waals surface area contributed by atoms with E-state index in [1.165, 1.54) is 5.56 Å². The van der Waals surface area contributed by atoms with Gasteiger partial charge < -0.3 is 20.0 Å². The van der Waals surface area contributed by atoms with Crippen LogP contribution in [0.25, 0.3) is 11.5 Å². The number of hydrogen-bond acceptors (Lipinski definition) is 4. The van der Waals surface area contributed by atoms with Crippen molar-refractivity contribution in [1.29, 1.82) is 0 Å². The molecule has 3 aromatic rings. The smallest absolute Gasteiger partial charge is 0.246 e. The van der Waals surface area contributed by atoms with E-state index < -0.39 is 0 Å². The maximum atomic E-state index is 12.8. The Morgan fingerprint density at radius 3 is 2.71 bits per heavy atom. The SMILES string of the molecule is CN=C(NCC(=O)N1CCCc2ccccc21)NCc1coc(-c2ccccc2)n1.I. The van der Waals surface area contributed by atoms with Crippen LogP contribution in [0.3, 0.4) is 0 Å². The molecule has 0 fully saturated rings. The fourth-order valence-corrected chi connectivity index (χ4v) is 3.54. The molecule has 0 saturated carbocycles. The molecule has 2 heterocycles. The first kappa shape index (κ1) is 22.8. The third-order valence-corrected chi connectivity index (χ3v) is 5.05. The van der Waals surface area contributed by atoms with E-state index >= 15 is 0 Å². The number of guanidine groups is 1. The minimum atomic E-state index is 0. The summed E-state index contributed by atoms with van der Waals surface area (Å²) in [4.78, 5) is 23.3. The highest BCUT2D eigenvalue weighted by Crippen LogP contribution is 2.26. The van der Waals surface area contributed by atoms with Crippen LogP contribution in [0.2, 0.25) is 0 Å². The summed E-state index contributed by atoms with van der Waals surface area (Å²) in [7, 11) is 1.67. The van der Waals surface area contributed by atoms with E-state index in [4.69, 9.17) is 4.42 Å². The number of carbonyl (C=O) groups is 1. The standard InChI is InChI=1S/C23H25N5O2.HI/c1-24-23(25-14-19-16-30-22(27-19)18-9-3-2-4-10-18)26-15-21(29)28-13-7-11-17-8-5-6-12-20(17)28;/h2-6,8-10,12,16H,7,11,13-15H2,1H3,(H2,24,25,26);1H. The van der Waals surface area contributed by atoms with Crippen molar-refractivity contribution in [2.24, 2.45) is 4.99 Å². The van der Waals surface area contributed by atoms with Crippen LogP contribution < -0.4 is 15.5 Å². The third-order valence-electron chi connectivity index (χ3n) is 5.05. The lowest BCUT2D eigenvalue weighted by Crippen LogP contribution is -2.45. The maximum Gasteiger partial charge on any atom is 0.246 e. The second kappa shape index (κ2) is 10.9. The van der Waals surface area contributed by atoms with Crippen LogP contribution in [0.5, 0.6) is 0 Å². The number of para-hydroxylation sites is 1. The highest BCUT2D eigenvalue weighted by atomic mass is 127. The van der Waals surface area contributed by atoms with E-state index in [0.29, 0.717) is 18.4 Å². The number of aliphatic imine (C=N–C) groups is 1. The molecule has 1 amide bonds. The lowest BCUT2D eigenvalue weighted by atomic mass is 10.0. The highest BCUT2D eigenvalue weighted by molar-refractivity contribution is 14.0. The molecule has 31 heavy (non-hydrogen) atoms. The minimum absolute atomic E-state index is 0. The summed E-state index contributed by atoms with van der Waals surface area (Å²) in [6.07, 6.45) is 3.61. The third kappa shape index (κ3) is 5.63. The van der Waals surface area contributed by atoms with E-state index in [-0.39, 0.29) is 36.4 Å². The van der Waals surface area contributed by atoms with Crippen molar-refractivity contribution in [1.82, 2.24) is 15.6 Å². The summed E-state index contributed by atoms with van der Waals surface area (Å²) in [6, 6.07) is 17.8. The molecule has 162 valence electrons. The molecule has 0 aliphatic carbocycles. The predicted octanol–water partition coefficient (Wildman–Crippen LogP) is 3.60. The molecule has 2 aromatic carbocycles. The van der Waals surface area contributed by atoms with Crippen LogP contribution in [0.15, 0.2) is 70.3 Å². The number of oxazole rings is 1. The van der Waals surface area contributed by atoms with Crippen molar-refractivity contribution in [3.8, 4) is 11.5 Å². The van der Waals surface area contributed by atoms with Gasteiger partial charge in [0.25, 0.3) is 0 Å². The monoisotopic (exact) mass is 531 g/mol. The molecule has 4 rings (SSSR count). The number of halogens is 1. The molecule has 0 unspecified atom stereocenters. The van der Waals surface area contributed by atoms with Crippen molar-refractivity contribution in [3.05, 3.63) is 72.1 Å². The molecule has 1 aliphatic rings. The average molecular weight is 531 g/mol. The molecule has 8 heteroatoms. The van der Waals surface area contributed by atoms with Crippen LogP contribution in [-0.4, -0.2) is 37.0 Å². The summed E-state index contributed by atoms with van der Waals surface area (Å²) in [6.45, 7) is 1.35. The van der Waals surface area contributed by atoms with Gasteiger partial charge in [0, 0.05) is 24.8 Å².